The van der Waals surface area contributed by atoms with E-state index < -0.39 is 0 Å². The van der Waals surface area contributed by atoms with E-state index in [0.29, 0.717) is 10.7 Å². The Labute approximate surface area is 118 Å². The summed E-state index contributed by atoms with van der Waals surface area (Å²) in [5, 5.41) is 0.540. The minimum absolute atomic E-state index is 0.0291. The standard InChI is InChI=1S/C14H19ClN2O2/c1-10(2)17(12-5-7-19-8-6-12)14(18)13-4-3-11(15)9-16-13/h3-4,9-10,12H,5-8H2,1-2H3. The van der Waals surface area contributed by atoms with Crippen LogP contribution in [-0.4, -0.2) is 41.1 Å². The predicted molar refractivity (Wildman–Crippen MR) is 74.4 cm³/mol. The van der Waals surface area contributed by atoms with Gasteiger partial charge in [0.15, 0.2) is 0 Å². The zero-order valence-electron chi connectivity index (χ0n) is 11.3. The van der Waals surface area contributed by atoms with Gasteiger partial charge in [0.1, 0.15) is 5.69 Å². The molecule has 104 valence electrons. The van der Waals surface area contributed by atoms with Gasteiger partial charge >= 0.3 is 0 Å². The van der Waals surface area contributed by atoms with Crippen molar-refractivity contribution in [3.63, 3.8) is 0 Å². The lowest BCUT2D eigenvalue weighted by Gasteiger charge is -2.37. The maximum Gasteiger partial charge on any atom is 0.272 e. The Hall–Kier alpha value is -1.13. The molecule has 0 N–H and O–H groups in total. The molecule has 1 aliphatic rings. The van der Waals surface area contributed by atoms with E-state index in [1.165, 1.54) is 6.20 Å². The molecule has 0 aliphatic carbocycles. The van der Waals surface area contributed by atoms with Crippen LogP contribution in [0.15, 0.2) is 18.3 Å². The minimum atomic E-state index is -0.0291. The van der Waals surface area contributed by atoms with Gasteiger partial charge in [-0.2, -0.15) is 0 Å². The summed E-state index contributed by atoms with van der Waals surface area (Å²) in [5.74, 6) is -0.0291. The Morgan fingerprint density at radius 3 is 2.63 bits per heavy atom. The first-order valence-electron chi connectivity index (χ1n) is 6.61. The van der Waals surface area contributed by atoms with E-state index in [1.807, 2.05) is 18.7 Å². The maximum absolute atomic E-state index is 12.6. The van der Waals surface area contributed by atoms with Gasteiger partial charge in [-0.05, 0) is 38.8 Å². The SMILES string of the molecule is CC(C)N(C(=O)c1ccc(Cl)cn1)C1CCOCC1. The average Bonchev–Trinajstić information content (AvgIpc) is 2.40. The second kappa shape index (κ2) is 6.35. The van der Waals surface area contributed by atoms with E-state index >= 15 is 0 Å². The molecule has 0 atom stereocenters. The summed E-state index contributed by atoms with van der Waals surface area (Å²) < 4.78 is 5.36. The van der Waals surface area contributed by atoms with Crippen molar-refractivity contribution in [2.24, 2.45) is 0 Å². The summed E-state index contributed by atoms with van der Waals surface area (Å²) in [6.07, 6.45) is 3.28. The Morgan fingerprint density at radius 2 is 2.11 bits per heavy atom. The Balaban J connectivity index is 2.18. The molecule has 19 heavy (non-hydrogen) atoms. The number of hydrogen-bond donors (Lipinski definition) is 0. The molecule has 4 nitrogen and oxygen atoms in total. The van der Waals surface area contributed by atoms with Crippen LogP contribution < -0.4 is 0 Å². The molecule has 0 saturated carbocycles. The Morgan fingerprint density at radius 1 is 1.42 bits per heavy atom. The van der Waals surface area contributed by atoms with Crippen LogP contribution in [-0.2, 0) is 4.74 Å². The molecule has 1 aromatic rings. The third kappa shape index (κ3) is 3.45. The smallest absolute Gasteiger partial charge is 0.272 e. The quantitative estimate of drug-likeness (QED) is 0.856. The van der Waals surface area contributed by atoms with Crippen molar-refractivity contribution < 1.29 is 9.53 Å². The molecular weight excluding hydrogens is 264 g/mol. The summed E-state index contributed by atoms with van der Waals surface area (Å²) in [4.78, 5) is 18.6. The van der Waals surface area contributed by atoms with E-state index in [2.05, 4.69) is 4.98 Å². The van der Waals surface area contributed by atoms with Gasteiger partial charge < -0.3 is 9.64 Å². The highest BCUT2D eigenvalue weighted by Gasteiger charge is 2.29. The highest BCUT2D eigenvalue weighted by Crippen LogP contribution is 2.20. The van der Waals surface area contributed by atoms with Crippen molar-refractivity contribution in [1.29, 1.82) is 0 Å². The van der Waals surface area contributed by atoms with E-state index in [9.17, 15) is 4.79 Å². The zero-order chi connectivity index (χ0) is 13.8. The van der Waals surface area contributed by atoms with Crippen molar-refractivity contribution in [3.05, 3.63) is 29.0 Å². The van der Waals surface area contributed by atoms with E-state index in [0.717, 1.165) is 26.1 Å². The van der Waals surface area contributed by atoms with Gasteiger partial charge in [0.25, 0.3) is 5.91 Å². The topological polar surface area (TPSA) is 42.4 Å². The number of nitrogens with zero attached hydrogens (tertiary/aromatic N) is 2. The molecule has 0 unspecified atom stereocenters. The number of pyridine rings is 1. The predicted octanol–water partition coefficient (Wildman–Crippen LogP) is 2.76. The number of carbonyl (C=O) groups excluding carboxylic acids is 1. The van der Waals surface area contributed by atoms with Crippen LogP contribution in [0.1, 0.15) is 37.2 Å². The molecule has 1 aliphatic heterocycles. The minimum Gasteiger partial charge on any atom is -0.381 e. The van der Waals surface area contributed by atoms with Crippen molar-refractivity contribution in [2.75, 3.05) is 13.2 Å². The number of halogens is 1. The molecule has 2 rings (SSSR count). The third-order valence-corrected chi connectivity index (χ3v) is 3.55. The summed E-state index contributed by atoms with van der Waals surface area (Å²) in [5.41, 5.74) is 0.449. The van der Waals surface area contributed by atoms with Gasteiger partial charge in [0.2, 0.25) is 0 Å². The molecule has 2 heterocycles. The molecule has 0 bridgehead atoms. The third-order valence-electron chi connectivity index (χ3n) is 3.32. The zero-order valence-corrected chi connectivity index (χ0v) is 12.1. The van der Waals surface area contributed by atoms with Crippen LogP contribution in [0.4, 0.5) is 0 Å². The monoisotopic (exact) mass is 282 g/mol. The van der Waals surface area contributed by atoms with E-state index in [-0.39, 0.29) is 18.0 Å². The molecule has 1 aromatic heterocycles. The first-order chi connectivity index (χ1) is 9.09. The molecule has 5 heteroatoms. The Kier molecular flexibility index (Phi) is 4.77. The van der Waals surface area contributed by atoms with Crippen LogP contribution in [0.5, 0.6) is 0 Å². The fourth-order valence-electron chi connectivity index (χ4n) is 2.42. The van der Waals surface area contributed by atoms with Crippen molar-refractivity contribution >= 4 is 17.5 Å². The first kappa shape index (κ1) is 14.3. The van der Waals surface area contributed by atoms with Crippen molar-refractivity contribution in [3.8, 4) is 0 Å². The normalized spacial score (nSPS) is 16.6. The largest absolute Gasteiger partial charge is 0.381 e. The molecule has 0 spiro atoms. The summed E-state index contributed by atoms with van der Waals surface area (Å²) >= 11 is 5.80. The molecule has 0 radical (unpaired) electrons. The Bertz CT molecular complexity index is 428. The molecule has 1 amide bonds. The van der Waals surface area contributed by atoms with Gasteiger partial charge in [0, 0.05) is 31.5 Å². The van der Waals surface area contributed by atoms with Crippen molar-refractivity contribution in [1.82, 2.24) is 9.88 Å². The molecule has 0 aromatic carbocycles. The van der Waals surface area contributed by atoms with Gasteiger partial charge in [-0.25, -0.2) is 4.98 Å². The lowest BCUT2D eigenvalue weighted by atomic mass is 10.0. The number of ether oxygens (including phenoxy) is 1. The van der Waals surface area contributed by atoms with E-state index in [4.69, 9.17) is 16.3 Å². The van der Waals surface area contributed by atoms with Crippen molar-refractivity contribution in [2.45, 2.75) is 38.8 Å². The number of aromatic nitrogens is 1. The van der Waals surface area contributed by atoms with Gasteiger partial charge in [-0.1, -0.05) is 11.6 Å². The number of amides is 1. The molecule has 1 fully saturated rings. The number of carbonyl (C=O) groups is 1. The van der Waals surface area contributed by atoms with Gasteiger partial charge in [-0.3, -0.25) is 4.79 Å². The fraction of sp³-hybridized carbons (Fsp3) is 0.571. The van der Waals surface area contributed by atoms with Crippen LogP contribution in [0.2, 0.25) is 5.02 Å². The molecule has 1 saturated heterocycles. The van der Waals surface area contributed by atoms with Crippen LogP contribution in [0, 0.1) is 0 Å². The lowest BCUT2D eigenvalue weighted by molar-refractivity contribution is 0.0202. The summed E-state index contributed by atoms with van der Waals surface area (Å²) in [6.45, 7) is 5.50. The number of hydrogen-bond acceptors (Lipinski definition) is 3. The van der Waals surface area contributed by atoms with Crippen LogP contribution in [0.25, 0.3) is 0 Å². The maximum atomic E-state index is 12.6. The fourth-order valence-corrected chi connectivity index (χ4v) is 2.53. The highest BCUT2D eigenvalue weighted by atomic mass is 35.5. The average molecular weight is 283 g/mol. The van der Waals surface area contributed by atoms with Gasteiger partial charge in [0.05, 0.1) is 5.02 Å². The molecular formula is C14H19ClN2O2. The van der Waals surface area contributed by atoms with E-state index in [1.54, 1.807) is 12.1 Å². The first-order valence-corrected chi connectivity index (χ1v) is 6.99. The summed E-state index contributed by atoms with van der Waals surface area (Å²) in [7, 11) is 0. The lowest BCUT2D eigenvalue weighted by Crippen LogP contribution is -2.47. The van der Waals surface area contributed by atoms with Crippen LogP contribution in [0.3, 0.4) is 0 Å². The van der Waals surface area contributed by atoms with Crippen LogP contribution >= 0.6 is 11.6 Å². The second-order valence-electron chi connectivity index (χ2n) is 5.01. The van der Waals surface area contributed by atoms with Gasteiger partial charge in [-0.15, -0.1) is 0 Å². The number of rotatable bonds is 3. The second-order valence-corrected chi connectivity index (χ2v) is 5.45. The highest BCUT2D eigenvalue weighted by molar-refractivity contribution is 6.30. The summed E-state index contributed by atoms with van der Waals surface area (Å²) in [6, 6.07) is 3.76.